The first-order valence-corrected chi connectivity index (χ1v) is 28.4. The van der Waals surface area contributed by atoms with Gasteiger partial charge < -0.3 is 0 Å². The summed E-state index contributed by atoms with van der Waals surface area (Å²) in [5, 5.41) is 0. The third-order valence-corrected chi connectivity index (χ3v) is 15.1. The van der Waals surface area contributed by atoms with Crippen molar-refractivity contribution in [3.63, 3.8) is 0 Å². The first kappa shape index (κ1) is 53.9. The summed E-state index contributed by atoms with van der Waals surface area (Å²) in [6, 6.07) is 37.2. The van der Waals surface area contributed by atoms with Crippen molar-refractivity contribution in [2.75, 3.05) is 0 Å². The Morgan fingerprint density at radius 1 is 0.299 bits per heavy atom. The molecular weight excluding hydrogens is 805 g/mol. The quantitative estimate of drug-likeness (QED) is 0.0459. The molecule has 0 N–H and O–H groups in total. The molecule has 0 spiro atoms. The fourth-order valence-electron chi connectivity index (χ4n) is 10.5. The van der Waals surface area contributed by atoms with E-state index < -0.39 is 0 Å². The van der Waals surface area contributed by atoms with Gasteiger partial charge in [0.05, 0.1) is 0 Å². The number of aryl methyl sites for hydroxylation is 4. The molecule has 6 rings (SSSR count). The minimum absolute atomic E-state index is 0.567. The molecule has 0 aromatic heterocycles. The standard InChI is InChI=1S/C34H48.C33H46/c1-3-5-7-9-11-13-29-15-17-31(18-16-29)19-20-32-23-27-34(28-24-32)33-25-21-30(22-26-33)14-12-10-8-6-4-2;1-3-5-7-9-11-13-28-14-16-30(17-15-28)18-19-31-22-26-33(27-23-31)32-24-20-29(21-25-32)12-10-8-6-4-2/h15-18,21-22,25-26,32,34H,3-14,23-24,27-28H2,1-2H3;14-17,20-21,24-25,31,33H,3-13,22-23,26-27H2,1-2H3. The van der Waals surface area contributed by atoms with E-state index >= 15 is 0 Å². The highest BCUT2D eigenvalue weighted by Crippen LogP contribution is 2.37. The van der Waals surface area contributed by atoms with Gasteiger partial charge in [-0.1, -0.05) is 220 Å². The molecule has 2 saturated carbocycles. The first-order valence-electron chi connectivity index (χ1n) is 28.4. The second-order valence-electron chi connectivity index (χ2n) is 20.8. The van der Waals surface area contributed by atoms with Crippen LogP contribution in [0.15, 0.2) is 97.1 Å². The zero-order chi connectivity index (χ0) is 47.0. The predicted molar refractivity (Wildman–Crippen MR) is 294 cm³/mol. The summed E-state index contributed by atoms with van der Waals surface area (Å²) >= 11 is 0. The van der Waals surface area contributed by atoms with Crippen LogP contribution in [0.5, 0.6) is 0 Å². The topological polar surface area (TPSA) is 0 Å². The Labute approximate surface area is 413 Å². The molecule has 0 heterocycles. The Bertz CT molecular complexity index is 1960. The van der Waals surface area contributed by atoms with Crippen LogP contribution in [-0.4, -0.2) is 0 Å². The van der Waals surface area contributed by atoms with Crippen molar-refractivity contribution in [1.82, 2.24) is 0 Å². The van der Waals surface area contributed by atoms with E-state index in [1.807, 2.05) is 0 Å². The fraction of sp³-hybridized carbons (Fsp3) is 0.582. The van der Waals surface area contributed by atoms with Crippen LogP contribution in [0.1, 0.15) is 257 Å². The van der Waals surface area contributed by atoms with Gasteiger partial charge >= 0.3 is 0 Å². The molecule has 2 aliphatic carbocycles. The Kier molecular flexibility index (Phi) is 27.0. The van der Waals surface area contributed by atoms with Gasteiger partial charge in [-0.05, 0) is 172 Å². The van der Waals surface area contributed by atoms with Crippen molar-refractivity contribution >= 4 is 0 Å². The lowest BCUT2D eigenvalue weighted by atomic mass is 9.78. The molecule has 0 saturated heterocycles. The van der Waals surface area contributed by atoms with Gasteiger partial charge in [0.1, 0.15) is 0 Å². The van der Waals surface area contributed by atoms with Crippen molar-refractivity contribution in [3.8, 4) is 23.7 Å². The molecule has 0 aliphatic heterocycles. The van der Waals surface area contributed by atoms with Gasteiger partial charge in [0, 0.05) is 23.0 Å². The van der Waals surface area contributed by atoms with Crippen LogP contribution >= 0.6 is 0 Å². The lowest BCUT2D eigenvalue weighted by Crippen LogP contribution is -2.12. The summed E-state index contributed by atoms with van der Waals surface area (Å²) < 4.78 is 0. The van der Waals surface area contributed by atoms with E-state index in [2.05, 4.69) is 148 Å². The highest BCUT2D eigenvalue weighted by molar-refractivity contribution is 5.38. The molecular formula is C67H94. The molecule has 67 heavy (non-hydrogen) atoms. The molecule has 4 aromatic rings. The molecule has 0 nitrogen and oxygen atoms in total. The van der Waals surface area contributed by atoms with E-state index in [9.17, 15) is 0 Å². The van der Waals surface area contributed by atoms with Gasteiger partial charge in [0.15, 0.2) is 0 Å². The second-order valence-corrected chi connectivity index (χ2v) is 20.8. The maximum atomic E-state index is 3.59. The van der Waals surface area contributed by atoms with Crippen LogP contribution in [-0.2, 0) is 25.7 Å². The number of benzene rings is 4. The Hall–Kier alpha value is -4.00. The first-order chi connectivity index (χ1) is 33.1. The molecule has 2 aliphatic rings. The lowest BCUT2D eigenvalue weighted by Gasteiger charge is -2.26. The zero-order valence-electron chi connectivity index (χ0n) is 43.5. The van der Waals surface area contributed by atoms with Gasteiger partial charge in [0.2, 0.25) is 0 Å². The van der Waals surface area contributed by atoms with E-state index in [1.165, 1.54) is 232 Å². The Balaban J connectivity index is 0.000000251. The molecule has 0 radical (unpaired) electrons. The monoisotopic (exact) mass is 899 g/mol. The fourth-order valence-corrected chi connectivity index (χ4v) is 10.5. The molecule has 362 valence electrons. The van der Waals surface area contributed by atoms with Crippen LogP contribution in [0.25, 0.3) is 0 Å². The number of rotatable bonds is 25. The largest absolute Gasteiger partial charge is 0.0945 e. The minimum atomic E-state index is 0.567. The summed E-state index contributed by atoms with van der Waals surface area (Å²) in [6.45, 7) is 9.12. The Morgan fingerprint density at radius 2 is 0.552 bits per heavy atom. The van der Waals surface area contributed by atoms with Crippen molar-refractivity contribution < 1.29 is 0 Å². The number of hydrogen-bond donors (Lipinski definition) is 0. The summed E-state index contributed by atoms with van der Waals surface area (Å²) in [6.07, 6.45) is 40.7. The SMILES string of the molecule is CCCCCCCc1ccc(C#CC2CCC(c3ccc(CCCCCC)cc3)CC2)cc1.CCCCCCCc1ccc(C#CC2CCC(c3ccc(CCCCCCC)cc3)CC2)cc1. The van der Waals surface area contributed by atoms with Crippen molar-refractivity contribution in [3.05, 3.63) is 142 Å². The van der Waals surface area contributed by atoms with Crippen LogP contribution in [0, 0.1) is 35.5 Å². The third kappa shape index (κ3) is 21.9. The molecule has 2 fully saturated rings. The van der Waals surface area contributed by atoms with E-state index in [-0.39, 0.29) is 0 Å². The lowest BCUT2D eigenvalue weighted by molar-refractivity contribution is 0.384. The molecule has 0 bridgehead atoms. The predicted octanol–water partition coefficient (Wildman–Crippen LogP) is 19.7. The van der Waals surface area contributed by atoms with Gasteiger partial charge in [-0.15, -0.1) is 0 Å². The van der Waals surface area contributed by atoms with E-state index in [0.29, 0.717) is 11.8 Å². The minimum Gasteiger partial charge on any atom is -0.0945 e. The molecule has 0 amide bonds. The molecule has 4 aromatic carbocycles. The average Bonchev–Trinajstić information content (AvgIpc) is 3.38. The highest BCUT2D eigenvalue weighted by Gasteiger charge is 2.22. The van der Waals surface area contributed by atoms with E-state index in [0.717, 1.165) is 11.8 Å². The van der Waals surface area contributed by atoms with Crippen molar-refractivity contribution in [2.24, 2.45) is 11.8 Å². The van der Waals surface area contributed by atoms with Crippen molar-refractivity contribution in [2.45, 2.75) is 239 Å². The number of unbranched alkanes of at least 4 members (excludes halogenated alkanes) is 15. The van der Waals surface area contributed by atoms with Crippen LogP contribution in [0.2, 0.25) is 0 Å². The van der Waals surface area contributed by atoms with E-state index in [1.54, 1.807) is 11.1 Å². The third-order valence-electron chi connectivity index (χ3n) is 15.1. The second kappa shape index (κ2) is 33.5. The molecule has 0 heteroatoms. The maximum absolute atomic E-state index is 3.59. The van der Waals surface area contributed by atoms with Crippen LogP contribution in [0.4, 0.5) is 0 Å². The smallest absolute Gasteiger partial charge is 0.0245 e. The summed E-state index contributed by atoms with van der Waals surface area (Å²) in [7, 11) is 0. The zero-order valence-corrected chi connectivity index (χ0v) is 43.5. The normalized spacial score (nSPS) is 17.9. The summed E-state index contributed by atoms with van der Waals surface area (Å²) in [5.41, 5.74) is 11.4. The highest BCUT2D eigenvalue weighted by atomic mass is 14.3. The maximum Gasteiger partial charge on any atom is 0.0245 e. The van der Waals surface area contributed by atoms with Crippen LogP contribution < -0.4 is 0 Å². The van der Waals surface area contributed by atoms with Gasteiger partial charge in [-0.25, -0.2) is 0 Å². The summed E-state index contributed by atoms with van der Waals surface area (Å²) in [5.74, 6) is 16.7. The summed E-state index contributed by atoms with van der Waals surface area (Å²) in [4.78, 5) is 0. The molecule has 0 atom stereocenters. The van der Waals surface area contributed by atoms with E-state index in [4.69, 9.17) is 0 Å². The Morgan fingerprint density at radius 3 is 0.836 bits per heavy atom. The molecule has 0 unspecified atom stereocenters. The van der Waals surface area contributed by atoms with Gasteiger partial charge in [-0.3, -0.25) is 0 Å². The van der Waals surface area contributed by atoms with Crippen LogP contribution in [0.3, 0.4) is 0 Å². The van der Waals surface area contributed by atoms with Gasteiger partial charge in [-0.2, -0.15) is 0 Å². The number of hydrogen-bond acceptors (Lipinski definition) is 0. The average molecular weight is 899 g/mol. The van der Waals surface area contributed by atoms with Crippen molar-refractivity contribution in [1.29, 1.82) is 0 Å². The van der Waals surface area contributed by atoms with Gasteiger partial charge in [0.25, 0.3) is 0 Å².